The summed E-state index contributed by atoms with van der Waals surface area (Å²) >= 11 is 0. The molecule has 2 unspecified atom stereocenters. The molecule has 6 nitrogen and oxygen atoms in total. The van der Waals surface area contributed by atoms with Crippen molar-refractivity contribution < 1.29 is 4.74 Å². The van der Waals surface area contributed by atoms with Crippen LogP contribution in [-0.2, 0) is 4.74 Å². The first-order valence-electron chi connectivity index (χ1n) is 8.94. The monoisotopic (exact) mass is 349 g/mol. The van der Waals surface area contributed by atoms with Gasteiger partial charge in [0.25, 0.3) is 0 Å². The van der Waals surface area contributed by atoms with E-state index < -0.39 is 0 Å². The van der Waals surface area contributed by atoms with Gasteiger partial charge >= 0.3 is 0 Å². The van der Waals surface area contributed by atoms with Crippen LogP contribution >= 0.6 is 0 Å². The molecular weight excluding hydrogens is 326 g/mol. The van der Waals surface area contributed by atoms with Gasteiger partial charge in [0.05, 0.1) is 24.3 Å². The van der Waals surface area contributed by atoms with Crippen molar-refractivity contribution in [1.29, 1.82) is 0 Å². The average molecular weight is 349 g/mol. The lowest BCUT2D eigenvalue weighted by Gasteiger charge is -2.34. The Balaban J connectivity index is 1.69. The van der Waals surface area contributed by atoms with Crippen molar-refractivity contribution in [1.82, 2.24) is 19.9 Å². The number of anilines is 1. The van der Waals surface area contributed by atoms with Crippen LogP contribution in [0.25, 0.3) is 22.3 Å². The standard InChI is InChI=1S/C20H23N5O/c1-14(18-13-25(2)11-12-26-18)22-20-16-5-3-4-6-17(16)23-19(24-20)15-7-9-21-10-8-15/h3-10,14,18H,11-13H2,1-2H3,(H,22,23,24). The summed E-state index contributed by atoms with van der Waals surface area (Å²) in [6, 6.07) is 12.1. The number of para-hydroxylation sites is 1. The second-order valence-corrected chi connectivity index (χ2v) is 6.75. The molecule has 0 bridgehead atoms. The molecule has 0 saturated carbocycles. The fourth-order valence-corrected chi connectivity index (χ4v) is 3.24. The van der Waals surface area contributed by atoms with Gasteiger partial charge in [-0.3, -0.25) is 4.98 Å². The molecule has 1 aliphatic rings. The highest BCUT2D eigenvalue weighted by atomic mass is 16.5. The molecule has 0 spiro atoms. The lowest BCUT2D eigenvalue weighted by Crippen LogP contribution is -2.47. The van der Waals surface area contributed by atoms with Crippen molar-refractivity contribution in [2.45, 2.75) is 19.1 Å². The van der Waals surface area contributed by atoms with Crippen LogP contribution in [0.5, 0.6) is 0 Å². The molecular formula is C20H23N5O. The maximum atomic E-state index is 5.95. The molecule has 4 rings (SSSR count). The van der Waals surface area contributed by atoms with E-state index in [1.165, 1.54) is 0 Å². The predicted molar refractivity (Wildman–Crippen MR) is 103 cm³/mol. The molecule has 1 fully saturated rings. The van der Waals surface area contributed by atoms with E-state index in [4.69, 9.17) is 14.7 Å². The molecule has 1 saturated heterocycles. The summed E-state index contributed by atoms with van der Waals surface area (Å²) in [5.41, 5.74) is 1.88. The van der Waals surface area contributed by atoms with E-state index >= 15 is 0 Å². The van der Waals surface area contributed by atoms with Crippen molar-refractivity contribution in [2.75, 3.05) is 32.1 Å². The largest absolute Gasteiger partial charge is 0.373 e. The third-order valence-electron chi connectivity index (χ3n) is 4.76. The van der Waals surface area contributed by atoms with Gasteiger partial charge in [-0.1, -0.05) is 12.1 Å². The number of fused-ring (bicyclic) bond motifs is 1. The zero-order valence-electron chi connectivity index (χ0n) is 15.1. The molecule has 3 aromatic rings. The maximum absolute atomic E-state index is 5.95. The molecule has 3 heterocycles. The Hall–Kier alpha value is -2.57. The van der Waals surface area contributed by atoms with Crippen molar-refractivity contribution in [2.24, 2.45) is 0 Å². The van der Waals surface area contributed by atoms with Crippen molar-refractivity contribution in [3.8, 4) is 11.4 Å². The first-order chi connectivity index (χ1) is 12.7. The molecule has 2 atom stereocenters. The number of nitrogens with zero attached hydrogens (tertiary/aromatic N) is 4. The summed E-state index contributed by atoms with van der Waals surface area (Å²) in [4.78, 5) is 15.9. The Kier molecular flexibility index (Phi) is 4.77. The minimum Gasteiger partial charge on any atom is -0.373 e. The van der Waals surface area contributed by atoms with E-state index in [2.05, 4.69) is 35.2 Å². The summed E-state index contributed by atoms with van der Waals surface area (Å²) < 4.78 is 5.95. The first kappa shape index (κ1) is 16.9. The smallest absolute Gasteiger partial charge is 0.162 e. The van der Waals surface area contributed by atoms with Crippen LogP contribution in [0, 0.1) is 0 Å². The number of pyridine rings is 1. The van der Waals surface area contributed by atoms with Crippen LogP contribution in [0.3, 0.4) is 0 Å². The van der Waals surface area contributed by atoms with E-state index in [0.717, 1.165) is 42.0 Å². The van der Waals surface area contributed by atoms with E-state index in [-0.39, 0.29) is 12.1 Å². The van der Waals surface area contributed by atoms with Crippen LogP contribution < -0.4 is 5.32 Å². The second-order valence-electron chi connectivity index (χ2n) is 6.75. The molecule has 134 valence electrons. The number of rotatable bonds is 4. The number of likely N-dealkylation sites (N-methyl/N-ethyl adjacent to an activating group) is 1. The third-order valence-corrected chi connectivity index (χ3v) is 4.76. The SMILES string of the molecule is CC(Nc1nc(-c2ccncc2)nc2ccccc12)C1CN(C)CCO1. The van der Waals surface area contributed by atoms with Gasteiger partial charge < -0.3 is 15.0 Å². The Morgan fingerprint density at radius 3 is 2.77 bits per heavy atom. The fraction of sp³-hybridized carbons (Fsp3) is 0.350. The molecule has 1 aromatic carbocycles. The van der Waals surface area contributed by atoms with Gasteiger partial charge in [0.2, 0.25) is 0 Å². The van der Waals surface area contributed by atoms with Gasteiger partial charge in [0.1, 0.15) is 5.82 Å². The summed E-state index contributed by atoms with van der Waals surface area (Å²) in [5.74, 6) is 1.54. The quantitative estimate of drug-likeness (QED) is 0.781. The number of ether oxygens (including phenoxy) is 1. The summed E-state index contributed by atoms with van der Waals surface area (Å²) in [5, 5.41) is 4.58. The lowest BCUT2D eigenvalue weighted by atomic mass is 10.1. The Labute approximate surface area is 153 Å². The normalized spacial score (nSPS) is 19.4. The van der Waals surface area contributed by atoms with E-state index in [9.17, 15) is 0 Å². The predicted octanol–water partition coefficient (Wildman–Crippen LogP) is 2.82. The van der Waals surface area contributed by atoms with Crippen molar-refractivity contribution >= 4 is 16.7 Å². The first-order valence-corrected chi connectivity index (χ1v) is 8.94. The molecule has 1 aliphatic heterocycles. The van der Waals surface area contributed by atoms with E-state index in [0.29, 0.717) is 5.82 Å². The van der Waals surface area contributed by atoms with E-state index in [1.54, 1.807) is 12.4 Å². The average Bonchev–Trinajstić information content (AvgIpc) is 2.68. The number of hydrogen-bond donors (Lipinski definition) is 1. The summed E-state index contributed by atoms with van der Waals surface area (Å²) in [6.45, 7) is 4.80. The zero-order valence-corrected chi connectivity index (χ0v) is 15.1. The van der Waals surface area contributed by atoms with Gasteiger partial charge in [0, 0.05) is 36.4 Å². The highest BCUT2D eigenvalue weighted by molar-refractivity contribution is 5.90. The number of morpholine rings is 1. The molecule has 1 N–H and O–H groups in total. The molecule has 6 heteroatoms. The van der Waals surface area contributed by atoms with Crippen LogP contribution in [-0.4, -0.2) is 58.7 Å². The number of benzene rings is 1. The van der Waals surface area contributed by atoms with Crippen LogP contribution in [0.2, 0.25) is 0 Å². The Morgan fingerprint density at radius 1 is 1.15 bits per heavy atom. The van der Waals surface area contributed by atoms with Crippen LogP contribution in [0.4, 0.5) is 5.82 Å². The number of aromatic nitrogens is 3. The van der Waals surface area contributed by atoms with Crippen molar-refractivity contribution in [3.05, 3.63) is 48.8 Å². The second kappa shape index (κ2) is 7.35. The minimum absolute atomic E-state index is 0.131. The van der Waals surface area contributed by atoms with Gasteiger partial charge in [-0.05, 0) is 38.2 Å². The highest BCUT2D eigenvalue weighted by Gasteiger charge is 2.24. The Bertz CT molecular complexity index is 886. The van der Waals surface area contributed by atoms with E-state index in [1.807, 2.05) is 30.3 Å². The minimum atomic E-state index is 0.131. The molecule has 2 aromatic heterocycles. The zero-order chi connectivity index (χ0) is 17.9. The molecule has 0 amide bonds. The number of nitrogens with one attached hydrogen (secondary N) is 1. The van der Waals surface area contributed by atoms with Gasteiger partial charge in [-0.2, -0.15) is 0 Å². The summed E-state index contributed by atoms with van der Waals surface area (Å²) in [7, 11) is 2.13. The maximum Gasteiger partial charge on any atom is 0.162 e. The Morgan fingerprint density at radius 2 is 1.96 bits per heavy atom. The summed E-state index contributed by atoms with van der Waals surface area (Å²) in [6.07, 6.45) is 3.65. The lowest BCUT2D eigenvalue weighted by molar-refractivity contribution is -0.0259. The van der Waals surface area contributed by atoms with Gasteiger partial charge in [-0.15, -0.1) is 0 Å². The topological polar surface area (TPSA) is 63.2 Å². The van der Waals surface area contributed by atoms with Crippen molar-refractivity contribution in [3.63, 3.8) is 0 Å². The molecule has 0 aliphatic carbocycles. The third kappa shape index (κ3) is 3.52. The molecule has 26 heavy (non-hydrogen) atoms. The van der Waals surface area contributed by atoms with Gasteiger partial charge in [-0.25, -0.2) is 9.97 Å². The van der Waals surface area contributed by atoms with Gasteiger partial charge in [0.15, 0.2) is 5.82 Å². The van der Waals surface area contributed by atoms with Crippen LogP contribution in [0.15, 0.2) is 48.8 Å². The highest BCUT2D eigenvalue weighted by Crippen LogP contribution is 2.25. The fourth-order valence-electron chi connectivity index (χ4n) is 3.24. The van der Waals surface area contributed by atoms with Crippen LogP contribution in [0.1, 0.15) is 6.92 Å². The molecule has 0 radical (unpaired) electrons. The number of hydrogen-bond acceptors (Lipinski definition) is 6.